The van der Waals surface area contributed by atoms with Crippen molar-refractivity contribution in [3.8, 4) is 6.07 Å². The Morgan fingerprint density at radius 3 is 2.89 bits per heavy atom. The lowest BCUT2D eigenvalue weighted by Crippen LogP contribution is -2.01. The Kier molecular flexibility index (Phi) is 3.76. The minimum atomic E-state index is -0.351. The standard InChI is InChI=1S/C15H13FN2O/c1-2-15(19)12-5-6-18(9-12)10-13-7-11(8-17)3-4-14(13)16/h3-7,9H,2,10H2,1H3. The zero-order valence-corrected chi connectivity index (χ0v) is 10.6. The van der Waals surface area contributed by atoms with E-state index in [1.54, 1.807) is 30.0 Å². The first kappa shape index (κ1) is 13.0. The lowest BCUT2D eigenvalue weighted by molar-refractivity contribution is 0.0988. The van der Waals surface area contributed by atoms with Crippen LogP contribution in [0.25, 0.3) is 0 Å². The third kappa shape index (κ3) is 2.89. The highest BCUT2D eigenvalue weighted by atomic mass is 19.1. The van der Waals surface area contributed by atoms with Gasteiger partial charge in [-0.05, 0) is 24.3 Å². The minimum Gasteiger partial charge on any atom is -0.349 e. The topological polar surface area (TPSA) is 45.8 Å². The lowest BCUT2D eigenvalue weighted by Gasteiger charge is -2.05. The number of hydrogen-bond acceptors (Lipinski definition) is 2. The van der Waals surface area contributed by atoms with Crippen LogP contribution in [0.2, 0.25) is 0 Å². The van der Waals surface area contributed by atoms with E-state index in [0.717, 1.165) is 0 Å². The molecule has 3 nitrogen and oxygen atoms in total. The Labute approximate surface area is 110 Å². The van der Waals surface area contributed by atoms with Crippen molar-refractivity contribution in [1.82, 2.24) is 4.57 Å². The number of carbonyl (C=O) groups is 1. The van der Waals surface area contributed by atoms with Crippen LogP contribution in [-0.2, 0) is 6.54 Å². The van der Waals surface area contributed by atoms with Crippen molar-refractivity contribution in [1.29, 1.82) is 5.26 Å². The molecular formula is C15H13FN2O. The lowest BCUT2D eigenvalue weighted by atomic mass is 10.1. The Morgan fingerprint density at radius 1 is 1.42 bits per heavy atom. The van der Waals surface area contributed by atoms with Gasteiger partial charge in [0.05, 0.1) is 11.6 Å². The Balaban J connectivity index is 2.24. The highest BCUT2D eigenvalue weighted by Gasteiger charge is 2.08. The number of rotatable bonds is 4. The first-order chi connectivity index (χ1) is 9.13. The molecule has 0 aliphatic rings. The average molecular weight is 256 g/mol. The molecule has 0 spiro atoms. The molecule has 0 N–H and O–H groups in total. The van der Waals surface area contributed by atoms with Crippen LogP contribution in [-0.4, -0.2) is 10.4 Å². The maximum Gasteiger partial charge on any atom is 0.164 e. The monoisotopic (exact) mass is 256 g/mol. The van der Waals surface area contributed by atoms with Crippen LogP contribution in [0, 0.1) is 17.1 Å². The van der Waals surface area contributed by atoms with Crippen LogP contribution in [0.1, 0.15) is 34.8 Å². The van der Waals surface area contributed by atoms with E-state index in [2.05, 4.69) is 0 Å². The van der Waals surface area contributed by atoms with E-state index in [-0.39, 0.29) is 11.6 Å². The minimum absolute atomic E-state index is 0.0602. The molecule has 0 radical (unpaired) electrons. The van der Waals surface area contributed by atoms with Gasteiger partial charge >= 0.3 is 0 Å². The van der Waals surface area contributed by atoms with Gasteiger partial charge in [0, 0.05) is 36.5 Å². The van der Waals surface area contributed by atoms with Crippen molar-refractivity contribution in [3.05, 3.63) is 59.2 Å². The molecule has 19 heavy (non-hydrogen) atoms. The number of nitriles is 1. The molecule has 0 bridgehead atoms. The molecule has 0 aliphatic heterocycles. The molecule has 0 aliphatic carbocycles. The van der Waals surface area contributed by atoms with Crippen LogP contribution in [0.5, 0.6) is 0 Å². The predicted molar refractivity (Wildman–Crippen MR) is 69.3 cm³/mol. The summed E-state index contributed by atoms with van der Waals surface area (Å²) in [5.41, 5.74) is 1.48. The Hall–Kier alpha value is -2.41. The summed E-state index contributed by atoms with van der Waals surface area (Å²) in [7, 11) is 0. The molecule has 0 saturated carbocycles. The van der Waals surface area contributed by atoms with Gasteiger partial charge in [0.15, 0.2) is 5.78 Å². The molecule has 0 saturated heterocycles. The second-order valence-electron chi connectivity index (χ2n) is 4.27. The number of nitrogens with zero attached hydrogens (tertiary/aromatic N) is 2. The molecule has 4 heteroatoms. The first-order valence-electron chi connectivity index (χ1n) is 6.01. The Morgan fingerprint density at radius 2 is 2.21 bits per heavy atom. The largest absolute Gasteiger partial charge is 0.349 e. The highest BCUT2D eigenvalue weighted by molar-refractivity contribution is 5.95. The summed E-state index contributed by atoms with van der Waals surface area (Å²) < 4.78 is 15.4. The van der Waals surface area contributed by atoms with E-state index in [1.165, 1.54) is 18.2 Å². The summed E-state index contributed by atoms with van der Waals surface area (Å²) in [6, 6.07) is 7.96. The van der Waals surface area contributed by atoms with Crippen molar-refractivity contribution in [3.63, 3.8) is 0 Å². The summed E-state index contributed by atoms with van der Waals surface area (Å²) in [5.74, 6) is -0.291. The normalized spacial score (nSPS) is 10.2. The molecule has 1 aromatic carbocycles. The molecule has 1 aromatic heterocycles. The maximum absolute atomic E-state index is 13.6. The van der Waals surface area contributed by atoms with E-state index < -0.39 is 0 Å². The van der Waals surface area contributed by atoms with Crippen LogP contribution in [0.3, 0.4) is 0 Å². The zero-order chi connectivity index (χ0) is 13.8. The molecule has 0 amide bonds. The second kappa shape index (κ2) is 5.49. The van der Waals surface area contributed by atoms with Crippen LogP contribution in [0.15, 0.2) is 36.7 Å². The predicted octanol–water partition coefficient (Wildman–Crippen LogP) is 3.14. The number of halogens is 1. The number of hydrogen-bond donors (Lipinski definition) is 0. The van der Waals surface area contributed by atoms with Crippen molar-refractivity contribution in [2.45, 2.75) is 19.9 Å². The van der Waals surface area contributed by atoms with Gasteiger partial charge in [-0.2, -0.15) is 5.26 Å². The molecule has 96 valence electrons. The summed E-state index contributed by atoms with van der Waals surface area (Å²) in [6.07, 6.45) is 3.88. The van der Waals surface area contributed by atoms with Gasteiger partial charge in [-0.15, -0.1) is 0 Å². The smallest absolute Gasteiger partial charge is 0.164 e. The third-order valence-corrected chi connectivity index (χ3v) is 2.92. The number of Topliss-reactive ketones (excluding diaryl/α,β-unsaturated/α-hetero) is 1. The van der Waals surface area contributed by atoms with Gasteiger partial charge in [-0.3, -0.25) is 4.79 Å². The van der Waals surface area contributed by atoms with E-state index in [4.69, 9.17) is 5.26 Å². The highest BCUT2D eigenvalue weighted by Crippen LogP contribution is 2.13. The van der Waals surface area contributed by atoms with Crippen LogP contribution in [0.4, 0.5) is 4.39 Å². The summed E-state index contributed by atoms with van der Waals surface area (Å²) in [5, 5.41) is 8.80. The third-order valence-electron chi connectivity index (χ3n) is 2.92. The van der Waals surface area contributed by atoms with E-state index in [9.17, 15) is 9.18 Å². The zero-order valence-electron chi connectivity index (χ0n) is 10.6. The van der Waals surface area contributed by atoms with Crippen molar-refractivity contribution < 1.29 is 9.18 Å². The average Bonchev–Trinajstić information content (AvgIpc) is 2.89. The van der Waals surface area contributed by atoms with Crippen LogP contribution < -0.4 is 0 Å². The molecule has 2 rings (SSSR count). The van der Waals surface area contributed by atoms with E-state index >= 15 is 0 Å². The van der Waals surface area contributed by atoms with Crippen molar-refractivity contribution >= 4 is 5.78 Å². The van der Waals surface area contributed by atoms with Crippen molar-refractivity contribution in [2.24, 2.45) is 0 Å². The summed E-state index contributed by atoms with van der Waals surface area (Å²) in [6.45, 7) is 2.11. The van der Waals surface area contributed by atoms with Gasteiger partial charge in [0.25, 0.3) is 0 Å². The maximum atomic E-state index is 13.6. The fraction of sp³-hybridized carbons (Fsp3) is 0.200. The van der Waals surface area contributed by atoms with Crippen molar-refractivity contribution in [2.75, 3.05) is 0 Å². The second-order valence-corrected chi connectivity index (χ2v) is 4.27. The van der Waals surface area contributed by atoms with E-state index in [1.807, 2.05) is 6.07 Å². The SMILES string of the molecule is CCC(=O)c1ccn(Cc2cc(C#N)ccc2F)c1. The molecular weight excluding hydrogens is 243 g/mol. The van der Waals surface area contributed by atoms with Gasteiger partial charge < -0.3 is 4.57 Å². The molecule has 0 fully saturated rings. The van der Waals surface area contributed by atoms with Crippen LogP contribution >= 0.6 is 0 Å². The molecule has 0 unspecified atom stereocenters. The number of aromatic nitrogens is 1. The molecule has 2 aromatic rings. The van der Waals surface area contributed by atoms with Gasteiger partial charge in [-0.1, -0.05) is 6.92 Å². The quantitative estimate of drug-likeness (QED) is 0.789. The van der Waals surface area contributed by atoms with Gasteiger partial charge in [-0.25, -0.2) is 4.39 Å². The number of benzene rings is 1. The molecule has 1 heterocycles. The fourth-order valence-electron chi connectivity index (χ4n) is 1.87. The fourth-order valence-corrected chi connectivity index (χ4v) is 1.87. The number of ketones is 1. The van der Waals surface area contributed by atoms with Gasteiger partial charge in [0.2, 0.25) is 0 Å². The van der Waals surface area contributed by atoms with E-state index in [0.29, 0.717) is 29.7 Å². The number of carbonyl (C=O) groups excluding carboxylic acids is 1. The summed E-state index contributed by atoms with van der Waals surface area (Å²) >= 11 is 0. The van der Waals surface area contributed by atoms with Gasteiger partial charge in [0.1, 0.15) is 5.82 Å². The first-order valence-corrected chi connectivity index (χ1v) is 6.01. The summed E-state index contributed by atoms with van der Waals surface area (Å²) in [4.78, 5) is 11.5. The molecule has 0 atom stereocenters. The Bertz CT molecular complexity index is 652.